The van der Waals surface area contributed by atoms with Gasteiger partial charge in [-0.15, -0.1) is 0 Å². The Bertz CT molecular complexity index is 506. The molecule has 0 bridgehead atoms. The average Bonchev–Trinajstić information content (AvgIpc) is 2.93. The lowest BCUT2D eigenvalue weighted by Gasteiger charge is -2.32. The fourth-order valence-electron chi connectivity index (χ4n) is 2.99. The van der Waals surface area contributed by atoms with Crippen LogP contribution in [0.4, 0.5) is 0 Å². The number of aryl methyl sites for hydroxylation is 2. The van der Waals surface area contributed by atoms with E-state index in [2.05, 4.69) is 11.4 Å². The van der Waals surface area contributed by atoms with Gasteiger partial charge in [-0.05, 0) is 42.5 Å². The van der Waals surface area contributed by atoms with Crippen molar-refractivity contribution in [3.8, 4) is 0 Å². The average molecular weight is 275 g/mol. The molecule has 1 aliphatic carbocycles. The van der Waals surface area contributed by atoms with Crippen LogP contribution in [0.25, 0.3) is 0 Å². The second-order valence-corrected chi connectivity index (χ2v) is 5.86. The maximum absolute atomic E-state index is 12.2. The first-order valence-corrected chi connectivity index (χ1v) is 7.36. The van der Waals surface area contributed by atoms with Gasteiger partial charge in [-0.25, -0.2) is 0 Å². The minimum absolute atomic E-state index is 0.0976. The summed E-state index contributed by atoms with van der Waals surface area (Å²) in [5, 5.41) is 13.2. The molecule has 4 heteroatoms. The zero-order chi connectivity index (χ0) is 14.0. The highest BCUT2D eigenvalue weighted by Crippen LogP contribution is 2.23. The van der Waals surface area contributed by atoms with Crippen molar-refractivity contribution in [3.05, 3.63) is 34.9 Å². The Balaban J connectivity index is 1.61. The normalized spacial score (nSPS) is 20.4. The molecule has 0 atom stereocenters. The molecule has 1 aliphatic heterocycles. The Morgan fingerprint density at radius 2 is 2.00 bits per heavy atom. The maximum Gasteiger partial charge on any atom is 0.251 e. The van der Waals surface area contributed by atoms with E-state index >= 15 is 0 Å². The Morgan fingerprint density at radius 3 is 2.80 bits per heavy atom. The molecule has 0 aromatic heterocycles. The monoisotopic (exact) mass is 275 g/mol. The quantitative estimate of drug-likeness (QED) is 0.877. The SMILES string of the molecule is O=C(NCC1(O)CCOCC1)c1ccc2c(c1)CCC2. The fourth-order valence-corrected chi connectivity index (χ4v) is 2.99. The number of ether oxygens (including phenoxy) is 1. The van der Waals surface area contributed by atoms with Crippen LogP contribution in [-0.2, 0) is 17.6 Å². The van der Waals surface area contributed by atoms with Crippen LogP contribution in [0.1, 0.15) is 40.7 Å². The van der Waals surface area contributed by atoms with Crippen molar-refractivity contribution < 1.29 is 14.6 Å². The maximum atomic E-state index is 12.2. The van der Waals surface area contributed by atoms with Gasteiger partial charge in [-0.2, -0.15) is 0 Å². The first kappa shape index (κ1) is 13.6. The largest absolute Gasteiger partial charge is 0.388 e. The number of hydrogen-bond donors (Lipinski definition) is 2. The van der Waals surface area contributed by atoms with Gasteiger partial charge in [-0.3, -0.25) is 4.79 Å². The van der Waals surface area contributed by atoms with Gasteiger partial charge in [0.2, 0.25) is 0 Å². The number of fused-ring (bicyclic) bond motifs is 1. The fraction of sp³-hybridized carbons (Fsp3) is 0.562. The third kappa shape index (κ3) is 2.86. The van der Waals surface area contributed by atoms with Crippen LogP contribution in [0.2, 0.25) is 0 Å². The van der Waals surface area contributed by atoms with Gasteiger partial charge < -0.3 is 15.2 Å². The second-order valence-electron chi connectivity index (χ2n) is 5.86. The molecule has 2 N–H and O–H groups in total. The summed E-state index contributed by atoms with van der Waals surface area (Å²) in [5.41, 5.74) is 2.54. The van der Waals surface area contributed by atoms with Gasteiger partial charge in [0, 0.05) is 38.2 Å². The first-order valence-electron chi connectivity index (χ1n) is 7.36. The third-order valence-electron chi connectivity index (χ3n) is 4.36. The van der Waals surface area contributed by atoms with Gasteiger partial charge in [0.15, 0.2) is 0 Å². The standard InChI is InChI=1S/C16H21NO3/c18-15(17-11-16(19)6-8-20-9-7-16)14-5-4-12-2-1-3-13(12)10-14/h4-5,10,19H,1-3,6-9,11H2,(H,17,18). The molecule has 108 valence electrons. The molecule has 0 radical (unpaired) electrons. The van der Waals surface area contributed by atoms with Crippen LogP contribution in [0.15, 0.2) is 18.2 Å². The Morgan fingerprint density at radius 1 is 1.25 bits per heavy atom. The van der Waals surface area contributed by atoms with E-state index in [-0.39, 0.29) is 5.91 Å². The molecule has 1 fully saturated rings. The lowest BCUT2D eigenvalue weighted by Crippen LogP contribution is -2.46. The van der Waals surface area contributed by atoms with E-state index in [1.54, 1.807) is 0 Å². The minimum atomic E-state index is -0.815. The summed E-state index contributed by atoms with van der Waals surface area (Å²) in [7, 11) is 0. The van der Waals surface area contributed by atoms with E-state index in [1.807, 2.05) is 12.1 Å². The number of aliphatic hydroxyl groups is 1. The first-order chi connectivity index (χ1) is 9.66. The van der Waals surface area contributed by atoms with Crippen LogP contribution < -0.4 is 5.32 Å². The number of carbonyl (C=O) groups is 1. The highest BCUT2D eigenvalue weighted by Gasteiger charge is 2.30. The van der Waals surface area contributed by atoms with Gasteiger partial charge in [-0.1, -0.05) is 6.07 Å². The van der Waals surface area contributed by atoms with E-state index < -0.39 is 5.60 Å². The summed E-state index contributed by atoms with van der Waals surface area (Å²) in [5.74, 6) is -0.0976. The van der Waals surface area contributed by atoms with Crippen LogP contribution >= 0.6 is 0 Å². The number of carbonyl (C=O) groups excluding carboxylic acids is 1. The predicted molar refractivity (Wildman–Crippen MR) is 75.8 cm³/mol. The van der Waals surface area contributed by atoms with E-state index in [1.165, 1.54) is 17.5 Å². The summed E-state index contributed by atoms with van der Waals surface area (Å²) in [6.45, 7) is 1.42. The predicted octanol–water partition coefficient (Wildman–Crippen LogP) is 1.45. The van der Waals surface area contributed by atoms with Crippen molar-refractivity contribution in [1.82, 2.24) is 5.32 Å². The van der Waals surface area contributed by atoms with Crippen LogP contribution in [0, 0.1) is 0 Å². The van der Waals surface area contributed by atoms with Crippen LogP contribution in [0.3, 0.4) is 0 Å². The Kier molecular flexibility index (Phi) is 3.76. The molecule has 4 nitrogen and oxygen atoms in total. The van der Waals surface area contributed by atoms with Gasteiger partial charge in [0.05, 0.1) is 5.60 Å². The van der Waals surface area contributed by atoms with Crippen molar-refractivity contribution in [2.45, 2.75) is 37.7 Å². The van der Waals surface area contributed by atoms with Gasteiger partial charge in [0.1, 0.15) is 0 Å². The second kappa shape index (κ2) is 5.54. The number of rotatable bonds is 3. The molecule has 1 amide bonds. The number of hydrogen-bond acceptors (Lipinski definition) is 3. The molecular weight excluding hydrogens is 254 g/mol. The Hall–Kier alpha value is -1.39. The third-order valence-corrected chi connectivity index (χ3v) is 4.36. The summed E-state index contributed by atoms with van der Waals surface area (Å²) < 4.78 is 5.23. The molecule has 20 heavy (non-hydrogen) atoms. The number of nitrogens with one attached hydrogen (secondary N) is 1. The summed E-state index contributed by atoms with van der Waals surface area (Å²) in [6.07, 6.45) is 4.53. The van der Waals surface area contributed by atoms with Crippen molar-refractivity contribution in [2.24, 2.45) is 0 Å². The zero-order valence-corrected chi connectivity index (χ0v) is 11.7. The van der Waals surface area contributed by atoms with Crippen molar-refractivity contribution in [3.63, 3.8) is 0 Å². The smallest absolute Gasteiger partial charge is 0.251 e. The van der Waals surface area contributed by atoms with Crippen molar-refractivity contribution in [1.29, 1.82) is 0 Å². The summed E-state index contributed by atoms with van der Waals surface area (Å²) in [6, 6.07) is 5.93. The molecule has 1 aromatic rings. The van der Waals surface area contributed by atoms with Gasteiger partial charge in [0.25, 0.3) is 5.91 Å². The summed E-state index contributed by atoms with van der Waals surface area (Å²) >= 11 is 0. The highest BCUT2D eigenvalue weighted by molar-refractivity contribution is 5.94. The molecule has 3 rings (SSSR count). The Labute approximate surface area is 119 Å². The number of benzene rings is 1. The van der Waals surface area contributed by atoms with Crippen LogP contribution in [-0.4, -0.2) is 36.4 Å². The molecule has 1 saturated heterocycles. The van der Waals surface area contributed by atoms with E-state index in [4.69, 9.17) is 4.74 Å². The topological polar surface area (TPSA) is 58.6 Å². The van der Waals surface area contributed by atoms with E-state index in [0.717, 1.165) is 12.8 Å². The van der Waals surface area contributed by atoms with Crippen LogP contribution in [0.5, 0.6) is 0 Å². The van der Waals surface area contributed by atoms with E-state index in [9.17, 15) is 9.90 Å². The summed E-state index contributed by atoms with van der Waals surface area (Å²) in [4.78, 5) is 12.2. The number of amides is 1. The zero-order valence-electron chi connectivity index (χ0n) is 11.7. The lowest BCUT2D eigenvalue weighted by atomic mass is 9.94. The van der Waals surface area contributed by atoms with Crippen molar-refractivity contribution >= 4 is 5.91 Å². The molecular formula is C16H21NO3. The highest BCUT2D eigenvalue weighted by atomic mass is 16.5. The van der Waals surface area contributed by atoms with Crippen molar-refractivity contribution in [2.75, 3.05) is 19.8 Å². The minimum Gasteiger partial charge on any atom is -0.388 e. The molecule has 1 heterocycles. The lowest BCUT2D eigenvalue weighted by molar-refractivity contribution is -0.0605. The molecule has 0 spiro atoms. The van der Waals surface area contributed by atoms with Gasteiger partial charge >= 0.3 is 0 Å². The molecule has 0 unspecified atom stereocenters. The molecule has 1 aromatic carbocycles. The molecule has 0 saturated carbocycles. The van der Waals surface area contributed by atoms with E-state index in [0.29, 0.717) is 38.2 Å². The molecule has 2 aliphatic rings.